The number of fused-ring (bicyclic) bond motifs is 1. The lowest BCUT2D eigenvalue weighted by Crippen LogP contribution is -2.38. The van der Waals surface area contributed by atoms with Crippen molar-refractivity contribution in [2.75, 3.05) is 19.8 Å². The van der Waals surface area contributed by atoms with Gasteiger partial charge in [0.15, 0.2) is 12.0 Å². The summed E-state index contributed by atoms with van der Waals surface area (Å²) >= 11 is 0. The van der Waals surface area contributed by atoms with Crippen molar-refractivity contribution in [3.05, 3.63) is 47.5 Å². The van der Waals surface area contributed by atoms with Crippen molar-refractivity contribution < 1.29 is 14.3 Å². The van der Waals surface area contributed by atoms with Gasteiger partial charge in [-0.25, -0.2) is 4.98 Å². The standard InChI is InChI=1S/C19H23N5O3/c1-13-10-15(21-23(13)3)19(25)24(12-18-26-8-9-27-18)11-17-20-14-6-4-5-7-16(14)22(17)2/h4-7,10,18H,8-9,11-12H2,1-3H3. The van der Waals surface area contributed by atoms with Crippen molar-refractivity contribution in [3.8, 4) is 0 Å². The maximum absolute atomic E-state index is 13.1. The number of aromatic nitrogens is 4. The molecule has 0 saturated carbocycles. The first kappa shape index (κ1) is 17.7. The number of para-hydroxylation sites is 2. The van der Waals surface area contributed by atoms with E-state index < -0.39 is 6.29 Å². The lowest BCUT2D eigenvalue weighted by Gasteiger charge is -2.24. The number of benzene rings is 1. The first-order valence-corrected chi connectivity index (χ1v) is 8.96. The van der Waals surface area contributed by atoms with Gasteiger partial charge in [-0.3, -0.25) is 9.48 Å². The highest BCUT2D eigenvalue weighted by atomic mass is 16.7. The number of imidazole rings is 1. The monoisotopic (exact) mass is 369 g/mol. The van der Waals surface area contributed by atoms with Gasteiger partial charge in [-0.05, 0) is 25.1 Å². The third kappa shape index (κ3) is 3.45. The summed E-state index contributed by atoms with van der Waals surface area (Å²) in [6.45, 7) is 3.69. The lowest BCUT2D eigenvalue weighted by atomic mass is 10.3. The van der Waals surface area contributed by atoms with E-state index in [-0.39, 0.29) is 5.91 Å². The molecular formula is C19H23N5O3. The number of ether oxygens (including phenoxy) is 2. The molecule has 0 radical (unpaired) electrons. The van der Waals surface area contributed by atoms with Crippen LogP contribution >= 0.6 is 0 Å². The maximum atomic E-state index is 13.1. The smallest absolute Gasteiger partial charge is 0.274 e. The summed E-state index contributed by atoms with van der Waals surface area (Å²) in [5.41, 5.74) is 3.27. The SMILES string of the molecule is Cc1cc(C(=O)N(Cc2nc3ccccc3n2C)CC2OCCO2)nn1C. The average Bonchev–Trinajstić information content (AvgIpc) is 3.36. The van der Waals surface area contributed by atoms with Gasteiger partial charge in [0.1, 0.15) is 5.82 Å². The fraction of sp³-hybridized carbons (Fsp3) is 0.421. The van der Waals surface area contributed by atoms with Gasteiger partial charge in [0.25, 0.3) is 5.91 Å². The first-order valence-electron chi connectivity index (χ1n) is 8.96. The van der Waals surface area contributed by atoms with Gasteiger partial charge < -0.3 is 18.9 Å². The molecule has 1 fully saturated rings. The van der Waals surface area contributed by atoms with Crippen LogP contribution in [0.4, 0.5) is 0 Å². The van der Waals surface area contributed by atoms with Gasteiger partial charge in [0, 0.05) is 19.8 Å². The molecule has 27 heavy (non-hydrogen) atoms. The van der Waals surface area contributed by atoms with E-state index in [1.165, 1.54) is 0 Å². The third-order valence-corrected chi connectivity index (χ3v) is 4.89. The molecule has 0 N–H and O–H groups in total. The molecule has 8 heteroatoms. The average molecular weight is 369 g/mol. The number of carbonyl (C=O) groups excluding carboxylic acids is 1. The molecule has 0 bridgehead atoms. The Labute approximate surface area is 157 Å². The van der Waals surface area contributed by atoms with Crippen LogP contribution in [0.1, 0.15) is 22.0 Å². The van der Waals surface area contributed by atoms with E-state index in [2.05, 4.69) is 10.1 Å². The number of amides is 1. The normalized spacial score (nSPS) is 14.9. The van der Waals surface area contributed by atoms with E-state index in [1.54, 1.807) is 15.6 Å². The molecule has 2 aromatic heterocycles. The Hall–Kier alpha value is -2.71. The van der Waals surface area contributed by atoms with Crippen LogP contribution in [0, 0.1) is 6.92 Å². The fourth-order valence-corrected chi connectivity index (χ4v) is 3.25. The van der Waals surface area contributed by atoms with Crippen LogP contribution in [0.2, 0.25) is 0 Å². The molecule has 0 aliphatic carbocycles. The summed E-state index contributed by atoms with van der Waals surface area (Å²) in [6, 6.07) is 9.71. The molecule has 142 valence electrons. The third-order valence-electron chi connectivity index (χ3n) is 4.89. The highest BCUT2D eigenvalue weighted by molar-refractivity contribution is 5.92. The molecule has 0 spiro atoms. The summed E-state index contributed by atoms with van der Waals surface area (Å²) in [5.74, 6) is 0.639. The minimum absolute atomic E-state index is 0.162. The molecular weight excluding hydrogens is 346 g/mol. The van der Waals surface area contributed by atoms with Gasteiger partial charge >= 0.3 is 0 Å². The Morgan fingerprint density at radius 3 is 2.67 bits per heavy atom. The Balaban J connectivity index is 1.64. The second-order valence-electron chi connectivity index (χ2n) is 6.73. The highest BCUT2D eigenvalue weighted by Crippen LogP contribution is 2.18. The molecule has 1 aliphatic rings. The van der Waals surface area contributed by atoms with Crippen LogP contribution in [0.3, 0.4) is 0 Å². The van der Waals surface area contributed by atoms with Crippen LogP contribution in [0.25, 0.3) is 11.0 Å². The quantitative estimate of drug-likeness (QED) is 0.683. The van der Waals surface area contributed by atoms with Crippen LogP contribution in [-0.4, -0.2) is 56.2 Å². The molecule has 3 aromatic rings. The Morgan fingerprint density at radius 2 is 2.00 bits per heavy atom. The van der Waals surface area contributed by atoms with E-state index in [1.807, 2.05) is 49.9 Å². The molecule has 4 rings (SSSR count). The number of hydrogen-bond donors (Lipinski definition) is 0. The van der Waals surface area contributed by atoms with Crippen molar-refractivity contribution in [1.29, 1.82) is 0 Å². The summed E-state index contributed by atoms with van der Waals surface area (Å²) in [5, 5.41) is 4.33. The zero-order valence-electron chi connectivity index (χ0n) is 15.8. The molecule has 1 saturated heterocycles. The Kier molecular flexibility index (Phi) is 4.67. The van der Waals surface area contributed by atoms with Crippen LogP contribution < -0.4 is 0 Å². The lowest BCUT2D eigenvalue weighted by molar-refractivity contribution is -0.0588. The largest absolute Gasteiger partial charge is 0.348 e. The number of nitrogens with zero attached hydrogens (tertiary/aromatic N) is 5. The van der Waals surface area contributed by atoms with E-state index >= 15 is 0 Å². The molecule has 1 aliphatic heterocycles. The first-order chi connectivity index (χ1) is 13.0. The molecule has 1 amide bonds. The van der Waals surface area contributed by atoms with Crippen molar-refractivity contribution >= 4 is 16.9 Å². The summed E-state index contributed by atoms with van der Waals surface area (Å²) < 4.78 is 14.8. The minimum atomic E-state index is -0.423. The zero-order valence-corrected chi connectivity index (χ0v) is 15.8. The second kappa shape index (κ2) is 7.13. The number of carbonyl (C=O) groups is 1. The van der Waals surface area contributed by atoms with Crippen molar-refractivity contribution in [2.24, 2.45) is 14.1 Å². The molecule has 1 aromatic carbocycles. The highest BCUT2D eigenvalue weighted by Gasteiger charge is 2.27. The Morgan fingerprint density at radius 1 is 1.26 bits per heavy atom. The number of aryl methyl sites for hydroxylation is 3. The molecule has 3 heterocycles. The van der Waals surface area contributed by atoms with Crippen molar-refractivity contribution in [3.63, 3.8) is 0 Å². The summed E-state index contributed by atoms with van der Waals surface area (Å²) in [7, 11) is 3.78. The van der Waals surface area contributed by atoms with Crippen LogP contribution in [-0.2, 0) is 30.1 Å². The predicted octanol–water partition coefficient (Wildman–Crippen LogP) is 1.63. The number of rotatable bonds is 5. The van der Waals surface area contributed by atoms with E-state index in [0.29, 0.717) is 32.0 Å². The van der Waals surface area contributed by atoms with Gasteiger partial charge in [-0.1, -0.05) is 12.1 Å². The van der Waals surface area contributed by atoms with Crippen LogP contribution in [0.15, 0.2) is 30.3 Å². The predicted molar refractivity (Wildman–Crippen MR) is 99.1 cm³/mol. The fourth-order valence-electron chi connectivity index (χ4n) is 3.25. The van der Waals surface area contributed by atoms with Crippen molar-refractivity contribution in [1.82, 2.24) is 24.2 Å². The van der Waals surface area contributed by atoms with E-state index in [9.17, 15) is 4.79 Å². The molecule has 0 atom stereocenters. The summed E-state index contributed by atoms with van der Waals surface area (Å²) in [6.07, 6.45) is -0.423. The second-order valence-corrected chi connectivity index (χ2v) is 6.73. The van der Waals surface area contributed by atoms with Gasteiger partial charge in [-0.2, -0.15) is 5.10 Å². The molecule has 0 unspecified atom stereocenters. The van der Waals surface area contributed by atoms with Gasteiger partial charge in [-0.15, -0.1) is 0 Å². The number of hydrogen-bond acceptors (Lipinski definition) is 5. The van der Waals surface area contributed by atoms with Crippen LogP contribution in [0.5, 0.6) is 0 Å². The van der Waals surface area contributed by atoms with Crippen molar-refractivity contribution in [2.45, 2.75) is 19.8 Å². The van der Waals surface area contributed by atoms with Gasteiger partial charge in [0.2, 0.25) is 0 Å². The zero-order chi connectivity index (χ0) is 19.0. The maximum Gasteiger partial charge on any atom is 0.274 e. The minimum Gasteiger partial charge on any atom is -0.348 e. The topological polar surface area (TPSA) is 74.4 Å². The van der Waals surface area contributed by atoms with E-state index in [4.69, 9.17) is 9.47 Å². The summed E-state index contributed by atoms with van der Waals surface area (Å²) in [4.78, 5) is 19.5. The Bertz CT molecular complexity index is 952. The van der Waals surface area contributed by atoms with E-state index in [0.717, 1.165) is 22.6 Å². The van der Waals surface area contributed by atoms with Gasteiger partial charge in [0.05, 0.1) is 37.3 Å². The molecule has 8 nitrogen and oxygen atoms in total.